The van der Waals surface area contributed by atoms with Crippen LogP contribution in [0.4, 0.5) is 11.6 Å². The molecule has 88 valence electrons. The van der Waals surface area contributed by atoms with Crippen molar-refractivity contribution in [3.63, 3.8) is 0 Å². The Labute approximate surface area is 99.3 Å². The molecule has 1 heterocycles. The number of nitrogen functional groups attached to an aromatic ring is 1. The number of aromatic nitrogens is 2. The number of anilines is 2. The molecule has 0 saturated carbocycles. The molecule has 1 aromatic carbocycles. The van der Waals surface area contributed by atoms with Crippen molar-refractivity contribution < 1.29 is 5.11 Å². The second-order valence-electron chi connectivity index (χ2n) is 3.65. The van der Waals surface area contributed by atoms with Crippen LogP contribution in [0.25, 0.3) is 0 Å². The molecule has 2 rings (SSSR count). The van der Waals surface area contributed by atoms with E-state index in [-0.39, 0.29) is 0 Å². The Morgan fingerprint density at radius 2 is 1.88 bits per heavy atom. The molecule has 1 aromatic heterocycles. The summed E-state index contributed by atoms with van der Waals surface area (Å²) in [6.07, 6.45) is -0.574. The average molecular weight is 230 g/mol. The molecule has 17 heavy (non-hydrogen) atoms. The Morgan fingerprint density at radius 3 is 2.53 bits per heavy atom. The number of nitrogens with two attached hydrogens (primary N) is 1. The van der Waals surface area contributed by atoms with Gasteiger partial charge in [-0.05, 0) is 17.7 Å². The first-order valence-corrected chi connectivity index (χ1v) is 5.32. The molecule has 0 amide bonds. The van der Waals surface area contributed by atoms with Gasteiger partial charge in [-0.2, -0.15) is 0 Å². The molecule has 0 saturated heterocycles. The van der Waals surface area contributed by atoms with Crippen LogP contribution in [0.5, 0.6) is 0 Å². The highest BCUT2D eigenvalue weighted by Gasteiger charge is 2.06. The summed E-state index contributed by atoms with van der Waals surface area (Å²) in [6, 6.07) is 12.8. The molecule has 0 radical (unpaired) electrons. The van der Waals surface area contributed by atoms with Gasteiger partial charge in [-0.25, -0.2) is 0 Å². The molecule has 0 fully saturated rings. The van der Waals surface area contributed by atoms with E-state index in [0.717, 1.165) is 5.56 Å². The maximum atomic E-state index is 9.90. The molecule has 4 N–H and O–H groups in total. The first-order chi connectivity index (χ1) is 8.25. The van der Waals surface area contributed by atoms with Crippen LogP contribution in [0, 0.1) is 0 Å². The van der Waals surface area contributed by atoms with Gasteiger partial charge in [0, 0.05) is 6.54 Å². The van der Waals surface area contributed by atoms with Gasteiger partial charge in [0.05, 0.1) is 6.10 Å². The predicted molar refractivity (Wildman–Crippen MR) is 66.3 cm³/mol. The van der Waals surface area contributed by atoms with Crippen molar-refractivity contribution in [3.05, 3.63) is 48.0 Å². The molecule has 0 aliphatic carbocycles. The topological polar surface area (TPSA) is 84.1 Å². The summed E-state index contributed by atoms with van der Waals surface area (Å²) in [4.78, 5) is 0. The van der Waals surface area contributed by atoms with Gasteiger partial charge in [-0.3, -0.25) is 0 Å². The highest BCUT2D eigenvalue weighted by molar-refractivity contribution is 5.38. The monoisotopic (exact) mass is 230 g/mol. The zero-order valence-electron chi connectivity index (χ0n) is 9.24. The molecule has 0 aliphatic rings. The fourth-order valence-electron chi connectivity index (χ4n) is 1.43. The normalized spacial score (nSPS) is 12.1. The summed E-state index contributed by atoms with van der Waals surface area (Å²) in [5, 5.41) is 20.5. The molecule has 2 aromatic rings. The van der Waals surface area contributed by atoms with Gasteiger partial charge in [0.15, 0.2) is 0 Å². The number of hydrogen-bond donors (Lipinski definition) is 3. The van der Waals surface area contributed by atoms with E-state index in [1.54, 1.807) is 12.1 Å². The summed E-state index contributed by atoms with van der Waals surface area (Å²) in [6.45, 7) is 0.378. The standard InChI is InChI=1S/C12H14N4O/c13-11-6-7-12(16-15-11)14-8-10(17)9-4-2-1-3-5-9/h1-7,10,17H,8H2,(H2,13,15)(H,14,16). The van der Waals surface area contributed by atoms with E-state index in [2.05, 4.69) is 15.5 Å². The van der Waals surface area contributed by atoms with E-state index >= 15 is 0 Å². The molecule has 0 aliphatic heterocycles. The first-order valence-electron chi connectivity index (χ1n) is 5.32. The van der Waals surface area contributed by atoms with Gasteiger partial charge in [0.25, 0.3) is 0 Å². The smallest absolute Gasteiger partial charge is 0.148 e. The molecular weight excluding hydrogens is 216 g/mol. The largest absolute Gasteiger partial charge is 0.387 e. The van der Waals surface area contributed by atoms with Crippen LogP contribution in [0.15, 0.2) is 42.5 Å². The number of benzene rings is 1. The SMILES string of the molecule is Nc1ccc(NCC(O)c2ccccc2)nn1. The molecule has 0 bridgehead atoms. The van der Waals surface area contributed by atoms with Crippen LogP contribution in [-0.2, 0) is 0 Å². The summed E-state index contributed by atoms with van der Waals surface area (Å²) < 4.78 is 0. The fraction of sp³-hybridized carbons (Fsp3) is 0.167. The first kappa shape index (κ1) is 11.3. The third kappa shape index (κ3) is 3.15. The van der Waals surface area contributed by atoms with Gasteiger partial charge >= 0.3 is 0 Å². The molecule has 5 heteroatoms. The number of rotatable bonds is 4. The molecule has 1 atom stereocenters. The Hall–Kier alpha value is -2.14. The van der Waals surface area contributed by atoms with Crippen molar-refractivity contribution in [3.8, 4) is 0 Å². The maximum absolute atomic E-state index is 9.90. The quantitative estimate of drug-likeness (QED) is 0.735. The third-order valence-corrected chi connectivity index (χ3v) is 2.35. The van der Waals surface area contributed by atoms with Gasteiger partial charge in [0.2, 0.25) is 0 Å². The summed E-state index contributed by atoms with van der Waals surface area (Å²) >= 11 is 0. The van der Waals surface area contributed by atoms with E-state index in [4.69, 9.17) is 5.73 Å². The minimum Gasteiger partial charge on any atom is -0.387 e. The van der Waals surface area contributed by atoms with Crippen LogP contribution >= 0.6 is 0 Å². The van der Waals surface area contributed by atoms with Crippen LogP contribution in [-0.4, -0.2) is 21.8 Å². The predicted octanol–water partition coefficient (Wildman–Crippen LogP) is 1.20. The lowest BCUT2D eigenvalue weighted by molar-refractivity contribution is 0.191. The summed E-state index contributed by atoms with van der Waals surface area (Å²) in [5.74, 6) is 0.966. The summed E-state index contributed by atoms with van der Waals surface area (Å²) in [5.41, 5.74) is 6.29. The fourth-order valence-corrected chi connectivity index (χ4v) is 1.43. The lowest BCUT2D eigenvalue weighted by Crippen LogP contribution is -2.13. The second kappa shape index (κ2) is 5.27. The summed E-state index contributed by atoms with van der Waals surface area (Å²) in [7, 11) is 0. The van der Waals surface area contributed by atoms with Crippen molar-refractivity contribution in [2.24, 2.45) is 0 Å². The van der Waals surface area contributed by atoms with E-state index < -0.39 is 6.10 Å². The van der Waals surface area contributed by atoms with Gasteiger partial charge in [-0.1, -0.05) is 30.3 Å². The number of aliphatic hydroxyl groups is 1. The highest BCUT2D eigenvalue weighted by Crippen LogP contribution is 2.12. The van der Waals surface area contributed by atoms with Crippen LogP contribution in [0.2, 0.25) is 0 Å². The van der Waals surface area contributed by atoms with Gasteiger partial charge in [0.1, 0.15) is 11.6 Å². The molecule has 0 spiro atoms. The van der Waals surface area contributed by atoms with E-state index in [9.17, 15) is 5.11 Å². The van der Waals surface area contributed by atoms with E-state index in [1.807, 2.05) is 30.3 Å². The molecule has 1 unspecified atom stereocenters. The molecule has 5 nitrogen and oxygen atoms in total. The Bertz CT molecular complexity index is 458. The minimum absolute atomic E-state index is 0.374. The number of hydrogen-bond acceptors (Lipinski definition) is 5. The van der Waals surface area contributed by atoms with Crippen LogP contribution in [0.3, 0.4) is 0 Å². The maximum Gasteiger partial charge on any atom is 0.148 e. The Kier molecular flexibility index (Phi) is 3.52. The Morgan fingerprint density at radius 1 is 1.12 bits per heavy atom. The lowest BCUT2D eigenvalue weighted by atomic mass is 10.1. The Balaban J connectivity index is 1.92. The van der Waals surface area contributed by atoms with Crippen LogP contribution < -0.4 is 11.1 Å². The van der Waals surface area contributed by atoms with Gasteiger partial charge < -0.3 is 16.2 Å². The lowest BCUT2D eigenvalue weighted by Gasteiger charge is -2.12. The van der Waals surface area contributed by atoms with Crippen molar-refractivity contribution in [2.45, 2.75) is 6.10 Å². The second-order valence-corrected chi connectivity index (χ2v) is 3.65. The average Bonchev–Trinajstić information content (AvgIpc) is 2.39. The van der Waals surface area contributed by atoms with Crippen LogP contribution in [0.1, 0.15) is 11.7 Å². The zero-order chi connectivity index (χ0) is 12.1. The molecular formula is C12H14N4O. The van der Waals surface area contributed by atoms with E-state index in [0.29, 0.717) is 18.2 Å². The minimum atomic E-state index is -0.574. The van der Waals surface area contributed by atoms with Gasteiger partial charge in [-0.15, -0.1) is 10.2 Å². The number of nitrogens with one attached hydrogen (secondary N) is 1. The number of aliphatic hydroxyl groups excluding tert-OH is 1. The highest BCUT2D eigenvalue weighted by atomic mass is 16.3. The van der Waals surface area contributed by atoms with Crippen molar-refractivity contribution in [2.75, 3.05) is 17.6 Å². The number of nitrogens with zero attached hydrogens (tertiary/aromatic N) is 2. The van der Waals surface area contributed by atoms with Crippen molar-refractivity contribution in [1.29, 1.82) is 0 Å². The van der Waals surface area contributed by atoms with E-state index in [1.165, 1.54) is 0 Å². The zero-order valence-corrected chi connectivity index (χ0v) is 9.24. The third-order valence-electron chi connectivity index (χ3n) is 2.35. The van der Waals surface area contributed by atoms with Crippen molar-refractivity contribution >= 4 is 11.6 Å². The van der Waals surface area contributed by atoms with Crippen molar-refractivity contribution in [1.82, 2.24) is 10.2 Å².